The standard InChI is InChI=1S/C17H16F3N5/c18-17(19,20)14-5-8-21-16(24-14)25-9-6-11(7-10-25)15-22-12-3-1-2-4-13(12)23-15/h1-5,8,11H,6-7,9-10H2,(H,22,23). The molecule has 1 saturated heterocycles. The lowest BCUT2D eigenvalue weighted by molar-refractivity contribution is -0.141. The fourth-order valence-electron chi connectivity index (χ4n) is 3.18. The molecule has 2 aromatic heterocycles. The van der Waals surface area contributed by atoms with E-state index in [0.29, 0.717) is 13.1 Å². The number of hydrogen-bond donors (Lipinski definition) is 1. The highest BCUT2D eigenvalue weighted by atomic mass is 19.4. The van der Waals surface area contributed by atoms with Gasteiger partial charge >= 0.3 is 6.18 Å². The smallest absolute Gasteiger partial charge is 0.342 e. The van der Waals surface area contributed by atoms with Crippen molar-refractivity contribution < 1.29 is 13.2 Å². The molecule has 4 rings (SSSR count). The number of hydrogen-bond acceptors (Lipinski definition) is 4. The number of H-pyrrole nitrogens is 1. The molecule has 0 bridgehead atoms. The number of alkyl halides is 3. The maximum Gasteiger partial charge on any atom is 0.433 e. The minimum atomic E-state index is -4.45. The van der Waals surface area contributed by atoms with E-state index in [1.807, 2.05) is 24.3 Å². The summed E-state index contributed by atoms with van der Waals surface area (Å²) in [6.45, 7) is 1.20. The molecule has 130 valence electrons. The maximum absolute atomic E-state index is 12.8. The van der Waals surface area contributed by atoms with Crippen LogP contribution in [0.3, 0.4) is 0 Å². The SMILES string of the molecule is FC(F)(F)c1ccnc(N2CCC(c3nc4ccccc4[nH]3)CC2)n1. The average molecular weight is 347 g/mol. The summed E-state index contributed by atoms with van der Waals surface area (Å²) in [5.74, 6) is 1.33. The number of aromatic nitrogens is 4. The highest BCUT2D eigenvalue weighted by Gasteiger charge is 2.33. The Hall–Kier alpha value is -2.64. The number of imidazole rings is 1. The number of para-hydroxylation sites is 2. The second-order valence-corrected chi connectivity index (χ2v) is 6.14. The molecule has 0 atom stereocenters. The minimum Gasteiger partial charge on any atom is -0.342 e. The van der Waals surface area contributed by atoms with Crippen molar-refractivity contribution in [1.82, 2.24) is 19.9 Å². The molecule has 0 amide bonds. The molecule has 1 aliphatic heterocycles. The molecule has 8 heteroatoms. The zero-order valence-corrected chi connectivity index (χ0v) is 13.3. The molecule has 1 aromatic carbocycles. The number of piperidine rings is 1. The van der Waals surface area contributed by atoms with Crippen LogP contribution in [0.15, 0.2) is 36.5 Å². The Morgan fingerprint density at radius 1 is 1.04 bits per heavy atom. The molecule has 1 fully saturated rings. The van der Waals surface area contributed by atoms with Crippen LogP contribution in [-0.4, -0.2) is 33.0 Å². The molecule has 5 nitrogen and oxygen atoms in total. The lowest BCUT2D eigenvalue weighted by Crippen LogP contribution is -2.34. The van der Waals surface area contributed by atoms with Gasteiger partial charge in [-0.3, -0.25) is 0 Å². The predicted molar refractivity (Wildman–Crippen MR) is 87.3 cm³/mol. The fourth-order valence-corrected chi connectivity index (χ4v) is 3.18. The van der Waals surface area contributed by atoms with Crippen molar-refractivity contribution in [2.45, 2.75) is 24.9 Å². The molecule has 3 heterocycles. The normalized spacial score (nSPS) is 16.5. The third-order valence-corrected chi connectivity index (χ3v) is 4.51. The van der Waals surface area contributed by atoms with E-state index in [1.165, 1.54) is 0 Å². The van der Waals surface area contributed by atoms with Crippen molar-refractivity contribution in [3.05, 3.63) is 48.0 Å². The number of rotatable bonds is 2. The molecular formula is C17H16F3N5. The quantitative estimate of drug-likeness (QED) is 0.767. The van der Waals surface area contributed by atoms with Gasteiger partial charge in [0, 0.05) is 25.2 Å². The number of fused-ring (bicyclic) bond motifs is 1. The molecule has 0 radical (unpaired) electrons. The number of anilines is 1. The van der Waals surface area contributed by atoms with E-state index >= 15 is 0 Å². The summed E-state index contributed by atoms with van der Waals surface area (Å²) < 4.78 is 38.4. The van der Waals surface area contributed by atoms with Gasteiger partial charge < -0.3 is 9.88 Å². The van der Waals surface area contributed by atoms with Crippen molar-refractivity contribution in [3.63, 3.8) is 0 Å². The van der Waals surface area contributed by atoms with Crippen LogP contribution < -0.4 is 4.90 Å². The minimum absolute atomic E-state index is 0.137. The first-order valence-corrected chi connectivity index (χ1v) is 8.10. The first-order valence-electron chi connectivity index (χ1n) is 8.10. The van der Waals surface area contributed by atoms with Crippen molar-refractivity contribution >= 4 is 17.0 Å². The highest BCUT2D eigenvalue weighted by molar-refractivity contribution is 5.74. The summed E-state index contributed by atoms with van der Waals surface area (Å²) in [5.41, 5.74) is 1.03. The summed E-state index contributed by atoms with van der Waals surface area (Å²) in [5, 5.41) is 0. The van der Waals surface area contributed by atoms with E-state index in [9.17, 15) is 13.2 Å². The zero-order valence-electron chi connectivity index (χ0n) is 13.3. The van der Waals surface area contributed by atoms with Crippen LogP contribution in [0, 0.1) is 0 Å². The molecule has 1 aliphatic rings. The van der Waals surface area contributed by atoms with Crippen molar-refractivity contribution in [1.29, 1.82) is 0 Å². The number of halogens is 3. The van der Waals surface area contributed by atoms with E-state index in [1.54, 1.807) is 4.90 Å². The van der Waals surface area contributed by atoms with Crippen LogP contribution in [0.4, 0.5) is 19.1 Å². The van der Waals surface area contributed by atoms with Gasteiger partial charge in [-0.25, -0.2) is 15.0 Å². The summed E-state index contributed by atoms with van der Waals surface area (Å²) in [7, 11) is 0. The summed E-state index contributed by atoms with van der Waals surface area (Å²) >= 11 is 0. The molecular weight excluding hydrogens is 331 g/mol. The van der Waals surface area contributed by atoms with Gasteiger partial charge in [-0.2, -0.15) is 13.2 Å². The second kappa shape index (κ2) is 6.02. The maximum atomic E-state index is 12.8. The van der Waals surface area contributed by atoms with Crippen molar-refractivity contribution in [2.24, 2.45) is 0 Å². The molecule has 0 saturated carbocycles. The van der Waals surface area contributed by atoms with Gasteiger partial charge in [0.05, 0.1) is 11.0 Å². The van der Waals surface area contributed by atoms with Gasteiger partial charge in [0.15, 0.2) is 0 Å². The van der Waals surface area contributed by atoms with Crippen molar-refractivity contribution in [3.8, 4) is 0 Å². The number of aromatic amines is 1. The predicted octanol–water partition coefficient (Wildman–Crippen LogP) is 3.76. The van der Waals surface area contributed by atoms with Crippen LogP contribution in [0.1, 0.15) is 30.3 Å². The number of nitrogens with one attached hydrogen (secondary N) is 1. The molecule has 0 spiro atoms. The van der Waals surface area contributed by atoms with Gasteiger partial charge in [-0.05, 0) is 31.0 Å². The first-order chi connectivity index (χ1) is 12.0. The third-order valence-electron chi connectivity index (χ3n) is 4.51. The Morgan fingerprint density at radius 3 is 2.52 bits per heavy atom. The molecule has 0 unspecified atom stereocenters. The third kappa shape index (κ3) is 3.16. The van der Waals surface area contributed by atoms with Crippen LogP contribution in [0.25, 0.3) is 11.0 Å². The molecule has 25 heavy (non-hydrogen) atoms. The van der Waals surface area contributed by atoms with Gasteiger partial charge in [0.2, 0.25) is 5.95 Å². The van der Waals surface area contributed by atoms with Gasteiger partial charge in [0.25, 0.3) is 0 Å². The van der Waals surface area contributed by atoms with Gasteiger partial charge in [0.1, 0.15) is 11.5 Å². The van der Waals surface area contributed by atoms with Crippen LogP contribution in [-0.2, 0) is 6.18 Å². The lowest BCUT2D eigenvalue weighted by Gasteiger charge is -2.31. The first kappa shape index (κ1) is 15.9. The Labute approximate surface area is 141 Å². The van der Waals surface area contributed by atoms with E-state index in [4.69, 9.17) is 0 Å². The fraction of sp³-hybridized carbons (Fsp3) is 0.353. The van der Waals surface area contributed by atoms with Crippen LogP contribution in [0.2, 0.25) is 0 Å². The van der Waals surface area contributed by atoms with Gasteiger partial charge in [-0.1, -0.05) is 12.1 Å². The number of nitrogens with zero attached hydrogens (tertiary/aromatic N) is 4. The topological polar surface area (TPSA) is 57.7 Å². The summed E-state index contributed by atoms with van der Waals surface area (Å²) in [6, 6.07) is 8.74. The monoisotopic (exact) mass is 347 g/mol. The number of benzene rings is 1. The summed E-state index contributed by atoms with van der Waals surface area (Å²) in [4.78, 5) is 17.4. The Balaban J connectivity index is 1.48. The molecule has 3 aromatic rings. The van der Waals surface area contributed by atoms with E-state index in [0.717, 1.165) is 42.0 Å². The van der Waals surface area contributed by atoms with Crippen LogP contribution in [0.5, 0.6) is 0 Å². The van der Waals surface area contributed by atoms with Gasteiger partial charge in [-0.15, -0.1) is 0 Å². The van der Waals surface area contributed by atoms with E-state index in [-0.39, 0.29) is 11.9 Å². The van der Waals surface area contributed by atoms with Crippen molar-refractivity contribution in [2.75, 3.05) is 18.0 Å². The largest absolute Gasteiger partial charge is 0.433 e. The Morgan fingerprint density at radius 2 is 1.80 bits per heavy atom. The zero-order chi connectivity index (χ0) is 17.4. The molecule has 0 aliphatic carbocycles. The molecule has 1 N–H and O–H groups in total. The highest BCUT2D eigenvalue weighted by Crippen LogP contribution is 2.31. The second-order valence-electron chi connectivity index (χ2n) is 6.14. The summed E-state index contributed by atoms with van der Waals surface area (Å²) in [6.07, 6.45) is -1.71. The Bertz CT molecular complexity index is 848. The lowest BCUT2D eigenvalue weighted by atomic mass is 9.96. The van der Waals surface area contributed by atoms with E-state index in [2.05, 4.69) is 19.9 Å². The Kier molecular flexibility index (Phi) is 3.82. The van der Waals surface area contributed by atoms with E-state index < -0.39 is 11.9 Å². The van der Waals surface area contributed by atoms with Crippen LogP contribution >= 0.6 is 0 Å². The average Bonchev–Trinajstić information content (AvgIpc) is 3.05.